The van der Waals surface area contributed by atoms with Gasteiger partial charge in [-0.05, 0) is 6.07 Å². The predicted octanol–water partition coefficient (Wildman–Crippen LogP) is 0.454. The molecule has 92 valence electrons. The number of hydrogen-bond donors (Lipinski definition) is 2. The molecule has 0 bridgehead atoms. The summed E-state index contributed by atoms with van der Waals surface area (Å²) in [6, 6.07) is 3.06. The van der Waals surface area contributed by atoms with E-state index in [1.807, 2.05) is 0 Å². The van der Waals surface area contributed by atoms with Gasteiger partial charge in [-0.25, -0.2) is 4.28 Å². The van der Waals surface area contributed by atoms with E-state index in [0.29, 0.717) is 0 Å². The Kier molecular flexibility index (Phi) is 3.60. The van der Waals surface area contributed by atoms with Crippen LogP contribution < -0.4 is 0 Å². The predicted molar refractivity (Wildman–Crippen MR) is 55.0 cm³/mol. The summed E-state index contributed by atoms with van der Waals surface area (Å²) in [6.07, 6.45) is 0.771. The third-order valence-corrected chi connectivity index (χ3v) is 1.83. The molecule has 0 amide bonds. The number of phenols is 1. The lowest BCUT2D eigenvalue weighted by molar-refractivity contribution is -0.384. The van der Waals surface area contributed by atoms with Crippen molar-refractivity contribution in [3.63, 3.8) is 0 Å². The number of nitro benzene ring substituents is 1. The summed E-state index contributed by atoms with van der Waals surface area (Å²) in [5, 5.41) is 22.5. The second-order valence-electron chi connectivity index (χ2n) is 2.74. The molecule has 1 aromatic carbocycles. The van der Waals surface area contributed by atoms with E-state index in [4.69, 9.17) is 4.55 Å². The molecule has 17 heavy (non-hydrogen) atoms. The third-order valence-electron chi connectivity index (χ3n) is 1.55. The normalized spacial score (nSPS) is 11.6. The summed E-state index contributed by atoms with van der Waals surface area (Å²) < 4.78 is 32.0. The minimum atomic E-state index is -4.72. The first-order valence-electron chi connectivity index (χ1n) is 3.96. The van der Waals surface area contributed by atoms with E-state index in [1.54, 1.807) is 0 Å². The van der Waals surface area contributed by atoms with Crippen LogP contribution in [-0.4, -0.2) is 29.2 Å². The lowest BCUT2D eigenvalue weighted by atomic mass is 10.2. The van der Waals surface area contributed by atoms with Gasteiger partial charge in [-0.3, -0.25) is 14.7 Å². The fourth-order valence-electron chi connectivity index (χ4n) is 0.887. The summed E-state index contributed by atoms with van der Waals surface area (Å²) >= 11 is 0. The van der Waals surface area contributed by atoms with Gasteiger partial charge in [-0.15, -0.1) is 0 Å². The second kappa shape index (κ2) is 4.76. The number of hydrogen-bond acceptors (Lipinski definition) is 7. The summed E-state index contributed by atoms with van der Waals surface area (Å²) in [5.41, 5.74) is -0.352. The maximum Gasteiger partial charge on any atom is 0.466 e. The number of benzene rings is 1. The molecule has 1 rings (SSSR count). The van der Waals surface area contributed by atoms with E-state index in [-0.39, 0.29) is 11.3 Å². The van der Waals surface area contributed by atoms with Crippen LogP contribution in [0.25, 0.3) is 0 Å². The first-order chi connectivity index (χ1) is 7.79. The van der Waals surface area contributed by atoms with Crippen LogP contribution in [0, 0.1) is 10.1 Å². The lowest BCUT2D eigenvalue weighted by Gasteiger charge is -1.97. The van der Waals surface area contributed by atoms with E-state index >= 15 is 0 Å². The topological polar surface area (TPSA) is 139 Å². The Labute approximate surface area is 95.0 Å². The second-order valence-corrected chi connectivity index (χ2v) is 3.74. The molecular weight excluding hydrogens is 256 g/mol. The molecule has 0 fully saturated rings. The molecule has 0 spiro atoms. The number of nitro groups is 1. The maximum atomic E-state index is 10.3. The van der Waals surface area contributed by atoms with Crippen LogP contribution in [0.4, 0.5) is 5.69 Å². The maximum absolute atomic E-state index is 10.3. The largest absolute Gasteiger partial charge is 0.507 e. The minimum Gasteiger partial charge on any atom is -0.507 e. The van der Waals surface area contributed by atoms with Crippen molar-refractivity contribution >= 4 is 22.3 Å². The Balaban J connectivity index is 2.90. The van der Waals surface area contributed by atoms with Crippen LogP contribution in [0.5, 0.6) is 5.75 Å². The monoisotopic (exact) mass is 262 g/mol. The van der Waals surface area contributed by atoms with Gasteiger partial charge in [0.05, 0.1) is 17.2 Å². The van der Waals surface area contributed by atoms with Crippen molar-refractivity contribution in [2.75, 3.05) is 0 Å². The van der Waals surface area contributed by atoms with Crippen molar-refractivity contribution in [2.45, 2.75) is 0 Å². The zero-order valence-electron chi connectivity index (χ0n) is 8.05. The van der Waals surface area contributed by atoms with Crippen LogP contribution in [0.1, 0.15) is 5.56 Å². The Morgan fingerprint density at radius 1 is 1.47 bits per heavy atom. The van der Waals surface area contributed by atoms with Gasteiger partial charge in [0, 0.05) is 11.6 Å². The molecule has 0 saturated carbocycles. The number of rotatable bonds is 4. The summed E-state index contributed by atoms with van der Waals surface area (Å²) in [4.78, 5) is 9.62. The molecule has 0 aliphatic rings. The van der Waals surface area contributed by atoms with Crippen LogP contribution in [0.3, 0.4) is 0 Å². The average Bonchev–Trinajstić information content (AvgIpc) is 2.18. The highest BCUT2D eigenvalue weighted by Crippen LogP contribution is 2.21. The van der Waals surface area contributed by atoms with Crippen molar-refractivity contribution in [1.82, 2.24) is 0 Å². The highest BCUT2D eigenvalue weighted by molar-refractivity contribution is 7.80. The standard InChI is InChI=1S/C7H6N2O7S/c10-7-3-6(9(11)12)2-1-5(7)4-8-16-17(13,14)15/h1-4,10H,(H,13,14,15)/b8-4+. The molecule has 0 saturated heterocycles. The van der Waals surface area contributed by atoms with Crippen LogP contribution in [-0.2, 0) is 14.7 Å². The van der Waals surface area contributed by atoms with Crippen molar-refractivity contribution in [3.05, 3.63) is 33.9 Å². The molecule has 0 atom stereocenters. The van der Waals surface area contributed by atoms with E-state index in [2.05, 4.69) is 9.44 Å². The Bertz CT molecular complexity index is 566. The Morgan fingerprint density at radius 2 is 2.12 bits per heavy atom. The molecule has 1 aromatic rings. The van der Waals surface area contributed by atoms with E-state index in [9.17, 15) is 23.6 Å². The highest BCUT2D eigenvalue weighted by Gasteiger charge is 2.09. The van der Waals surface area contributed by atoms with Gasteiger partial charge < -0.3 is 5.11 Å². The van der Waals surface area contributed by atoms with Crippen LogP contribution in [0.15, 0.2) is 23.4 Å². The van der Waals surface area contributed by atoms with Gasteiger partial charge in [0.2, 0.25) is 0 Å². The van der Waals surface area contributed by atoms with E-state index in [1.165, 1.54) is 0 Å². The Hall–Kier alpha value is -2.20. The zero-order chi connectivity index (χ0) is 13.1. The van der Waals surface area contributed by atoms with E-state index in [0.717, 1.165) is 24.4 Å². The van der Waals surface area contributed by atoms with Gasteiger partial charge in [0.25, 0.3) is 5.69 Å². The van der Waals surface area contributed by atoms with Crippen molar-refractivity contribution < 1.29 is 27.3 Å². The van der Waals surface area contributed by atoms with Crippen LogP contribution in [0.2, 0.25) is 0 Å². The van der Waals surface area contributed by atoms with Gasteiger partial charge in [0.1, 0.15) is 5.75 Å². The van der Waals surface area contributed by atoms with E-state index < -0.39 is 21.1 Å². The lowest BCUT2D eigenvalue weighted by Crippen LogP contribution is -1.98. The Morgan fingerprint density at radius 3 is 2.59 bits per heavy atom. The smallest absolute Gasteiger partial charge is 0.466 e. The molecule has 9 nitrogen and oxygen atoms in total. The SMILES string of the molecule is O=[N+]([O-])c1ccc(/C=N/OS(=O)(=O)O)c(O)c1. The number of aromatic hydroxyl groups is 1. The molecule has 0 aliphatic heterocycles. The number of phenolic OH excluding ortho intramolecular Hbond substituents is 1. The van der Waals surface area contributed by atoms with Gasteiger partial charge in [-0.1, -0.05) is 5.16 Å². The highest BCUT2D eigenvalue weighted by atomic mass is 32.3. The summed E-state index contributed by atoms with van der Waals surface area (Å²) in [6.45, 7) is 0. The fraction of sp³-hybridized carbons (Fsp3) is 0. The molecule has 0 unspecified atom stereocenters. The summed E-state index contributed by atoms with van der Waals surface area (Å²) in [7, 11) is -4.72. The van der Waals surface area contributed by atoms with Crippen LogP contribution >= 0.6 is 0 Å². The van der Waals surface area contributed by atoms with Gasteiger partial charge >= 0.3 is 10.4 Å². The molecule has 0 aliphatic carbocycles. The van der Waals surface area contributed by atoms with Crippen molar-refractivity contribution in [3.8, 4) is 5.75 Å². The summed E-state index contributed by atoms with van der Waals surface area (Å²) in [5.74, 6) is -0.484. The zero-order valence-corrected chi connectivity index (χ0v) is 8.86. The third kappa shape index (κ3) is 4.04. The number of oxime groups is 1. The van der Waals surface area contributed by atoms with Gasteiger partial charge in [0.15, 0.2) is 0 Å². The molecule has 0 heterocycles. The first-order valence-corrected chi connectivity index (χ1v) is 5.33. The van der Waals surface area contributed by atoms with Crippen molar-refractivity contribution in [1.29, 1.82) is 0 Å². The molecule has 2 N–H and O–H groups in total. The quantitative estimate of drug-likeness (QED) is 0.347. The molecule has 0 aromatic heterocycles. The molecule has 10 heteroatoms. The fourth-order valence-corrected chi connectivity index (χ4v) is 1.04. The minimum absolute atomic E-state index is 0.0146. The van der Waals surface area contributed by atoms with Crippen molar-refractivity contribution in [2.24, 2.45) is 5.16 Å². The first kappa shape index (κ1) is 12.9. The van der Waals surface area contributed by atoms with Gasteiger partial charge in [-0.2, -0.15) is 8.42 Å². The molecular formula is C7H6N2O7S. The number of nitrogens with zero attached hydrogens (tertiary/aromatic N) is 2. The number of non-ortho nitro benzene ring substituents is 1. The average molecular weight is 262 g/mol. The molecule has 0 radical (unpaired) electrons.